The second-order valence-electron chi connectivity index (χ2n) is 7.29. The lowest BCUT2D eigenvalue weighted by molar-refractivity contribution is 0.0944. The van der Waals surface area contributed by atoms with Crippen LogP contribution in [0.2, 0.25) is 0 Å². The van der Waals surface area contributed by atoms with Gasteiger partial charge in [-0.05, 0) is 50.3 Å². The maximum Gasteiger partial charge on any atom is 0.292 e. The monoisotopic (exact) mass is 440 g/mol. The number of rotatable bonds is 8. The van der Waals surface area contributed by atoms with Gasteiger partial charge in [-0.2, -0.15) is 0 Å². The lowest BCUT2D eigenvalue weighted by Crippen LogP contribution is -2.27. The number of carbonyl (C=O) groups is 2. The van der Waals surface area contributed by atoms with Gasteiger partial charge >= 0.3 is 0 Å². The van der Waals surface area contributed by atoms with Gasteiger partial charge in [-0.1, -0.05) is 12.1 Å². The fraction of sp³-hybridized carbons (Fsp3) is 0.348. The van der Waals surface area contributed by atoms with Crippen molar-refractivity contribution in [2.75, 3.05) is 25.1 Å². The van der Waals surface area contributed by atoms with Crippen molar-refractivity contribution < 1.29 is 18.7 Å². The van der Waals surface area contributed by atoms with E-state index in [1.807, 2.05) is 6.92 Å². The maximum absolute atomic E-state index is 12.9. The van der Waals surface area contributed by atoms with Crippen molar-refractivity contribution in [1.82, 2.24) is 5.32 Å². The highest BCUT2D eigenvalue weighted by Crippen LogP contribution is 2.39. The summed E-state index contributed by atoms with van der Waals surface area (Å²) in [6.45, 7) is 3.66. The maximum atomic E-state index is 12.9. The average molecular weight is 441 g/mol. The number of fused-ring (bicyclic) bond motifs is 2. The summed E-state index contributed by atoms with van der Waals surface area (Å²) < 4.78 is 10.9. The van der Waals surface area contributed by atoms with Gasteiger partial charge in [0.05, 0.1) is 10.9 Å². The van der Waals surface area contributed by atoms with Gasteiger partial charge in [-0.15, -0.1) is 11.3 Å². The zero-order valence-electron chi connectivity index (χ0n) is 17.3. The molecule has 0 aliphatic heterocycles. The number of aryl methyl sites for hydroxylation is 1. The Balaban J connectivity index is 1.55. The lowest BCUT2D eigenvalue weighted by atomic mass is 10.1. The van der Waals surface area contributed by atoms with E-state index in [4.69, 9.17) is 9.15 Å². The topological polar surface area (TPSA) is 97.6 Å². The van der Waals surface area contributed by atoms with Crippen molar-refractivity contribution in [3.63, 3.8) is 0 Å². The minimum atomic E-state index is -0.548. The number of amides is 2. The first-order valence-electron chi connectivity index (χ1n) is 10.4. The highest BCUT2D eigenvalue weighted by molar-refractivity contribution is 7.17. The Kier molecular flexibility index (Phi) is 6.48. The van der Waals surface area contributed by atoms with E-state index in [0.717, 1.165) is 36.1 Å². The molecule has 1 aliphatic rings. The number of hydrogen-bond acceptors (Lipinski definition) is 6. The van der Waals surface area contributed by atoms with Gasteiger partial charge in [0.25, 0.3) is 11.8 Å². The van der Waals surface area contributed by atoms with Crippen molar-refractivity contribution >= 4 is 39.1 Å². The number of thiophene rings is 1. The van der Waals surface area contributed by atoms with Crippen LogP contribution in [0.25, 0.3) is 11.0 Å². The van der Waals surface area contributed by atoms with Gasteiger partial charge < -0.3 is 19.8 Å². The fourth-order valence-corrected chi connectivity index (χ4v) is 5.00. The van der Waals surface area contributed by atoms with Crippen LogP contribution in [0.15, 0.2) is 39.5 Å². The van der Waals surface area contributed by atoms with E-state index in [1.165, 1.54) is 17.4 Å². The van der Waals surface area contributed by atoms with Crippen LogP contribution in [0.3, 0.4) is 0 Å². The Bertz CT molecular complexity index is 1180. The molecule has 0 spiro atoms. The standard InChI is InChI=1S/C23H24N2O5S/c1-2-29-12-6-11-24-22(28)20-15-8-5-10-19(15)31-23(20)25-21(27)18-13-16(26)14-7-3-4-9-17(14)30-18/h3-4,7,9,13H,2,5-6,8,10-12H2,1H3,(H,24,28)(H,25,27). The number of nitrogens with one attached hydrogen (secondary N) is 2. The van der Waals surface area contributed by atoms with Crippen molar-refractivity contribution in [3.8, 4) is 0 Å². The first-order chi connectivity index (χ1) is 15.1. The molecule has 2 amide bonds. The predicted octanol–water partition coefficient (Wildman–Crippen LogP) is 3.75. The van der Waals surface area contributed by atoms with E-state index in [2.05, 4.69) is 10.6 Å². The summed E-state index contributed by atoms with van der Waals surface area (Å²) in [6, 6.07) is 7.97. The Morgan fingerprint density at radius 1 is 1.19 bits per heavy atom. The zero-order valence-corrected chi connectivity index (χ0v) is 18.1. The Morgan fingerprint density at radius 3 is 2.87 bits per heavy atom. The molecule has 31 heavy (non-hydrogen) atoms. The Labute approximate surface area is 183 Å². The molecule has 0 atom stereocenters. The number of carbonyl (C=O) groups excluding carboxylic acids is 2. The van der Waals surface area contributed by atoms with E-state index in [-0.39, 0.29) is 17.1 Å². The average Bonchev–Trinajstić information content (AvgIpc) is 3.34. The molecule has 8 heteroatoms. The molecular formula is C23H24N2O5S. The normalized spacial score (nSPS) is 12.7. The summed E-state index contributed by atoms with van der Waals surface area (Å²) in [4.78, 5) is 39.2. The van der Waals surface area contributed by atoms with Gasteiger partial charge in [0.1, 0.15) is 10.6 Å². The largest absolute Gasteiger partial charge is 0.451 e. The SMILES string of the molecule is CCOCCCNC(=O)c1c(NC(=O)c2cc(=O)c3ccccc3o2)sc2c1CCC2. The van der Waals surface area contributed by atoms with E-state index in [9.17, 15) is 14.4 Å². The van der Waals surface area contributed by atoms with E-state index in [0.29, 0.717) is 41.3 Å². The first-order valence-corrected chi connectivity index (χ1v) is 11.2. The second kappa shape index (κ2) is 9.45. The first kappa shape index (κ1) is 21.3. The molecule has 0 saturated heterocycles. The molecule has 1 aliphatic carbocycles. The molecule has 3 aromatic rings. The molecule has 2 N–H and O–H groups in total. The van der Waals surface area contributed by atoms with Crippen LogP contribution in [0.5, 0.6) is 0 Å². The van der Waals surface area contributed by atoms with E-state index in [1.54, 1.807) is 24.3 Å². The van der Waals surface area contributed by atoms with Crippen molar-refractivity contribution in [2.45, 2.75) is 32.6 Å². The molecule has 1 aromatic carbocycles. The van der Waals surface area contributed by atoms with Crippen LogP contribution in [0.4, 0.5) is 5.00 Å². The van der Waals surface area contributed by atoms with Crippen LogP contribution < -0.4 is 16.1 Å². The van der Waals surface area contributed by atoms with Gasteiger partial charge in [0, 0.05) is 30.7 Å². The molecule has 2 heterocycles. The van der Waals surface area contributed by atoms with Gasteiger partial charge in [-0.3, -0.25) is 14.4 Å². The quantitative estimate of drug-likeness (QED) is 0.520. The molecule has 0 radical (unpaired) electrons. The van der Waals surface area contributed by atoms with Crippen LogP contribution in [0, 0.1) is 0 Å². The fourth-order valence-electron chi connectivity index (χ4n) is 3.72. The van der Waals surface area contributed by atoms with Crippen LogP contribution in [0.1, 0.15) is 51.1 Å². The minimum absolute atomic E-state index is 0.0830. The summed E-state index contributed by atoms with van der Waals surface area (Å²) in [5.74, 6) is -0.834. The molecule has 162 valence electrons. The number of ether oxygens (including phenoxy) is 1. The molecule has 7 nitrogen and oxygen atoms in total. The zero-order chi connectivity index (χ0) is 21.8. The Hall–Kier alpha value is -2.97. The summed E-state index contributed by atoms with van der Waals surface area (Å²) in [7, 11) is 0. The molecule has 0 bridgehead atoms. The highest BCUT2D eigenvalue weighted by atomic mass is 32.1. The summed E-state index contributed by atoms with van der Waals surface area (Å²) in [5.41, 5.74) is 1.59. The molecule has 2 aromatic heterocycles. The predicted molar refractivity (Wildman–Crippen MR) is 120 cm³/mol. The third-order valence-electron chi connectivity index (χ3n) is 5.19. The second-order valence-corrected chi connectivity index (χ2v) is 8.40. The van der Waals surface area contributed by atoms with Gasteiger partial charge in [-0.25, -0.2) is 0 Å². The van der Waals surface area contributed by atoms with E-state index < -0.39 is 5.91 Å². The third kappa shape index (κ3) is 4.55. The molecule has 0 fully saturated rings. The van der Waals surface area contributed by atoms with Crippen molar-refractivity contribution in [2.24, 2.45) is 0 Å². The third-order valence-corrected chi connectivity index (χ3v) is 6.40. The van der Waals surface area contributed by atoms with Crippen LogP contribution in [-0.4, -0.2) is 31.6 Å². The van der Waals surface area contributed by atoms with Crippen molar-refractivity contribution in [1.29, 1.82) is 0 Å². The van der Waals surface area contributed by atoms with Crippen LogP contribution in [-0.2, 0) is 17.6 Å². The van der Waals surface area contributed by atoms with Gasteiger partial charge in [0.2, 0.25) is 0 Å². The Morgan fingerprint density at radius 2 is 2.03 bits per heavy atom. The number of para-hydroxylation sites is 1. The highest BCUT2D eigenvalue weighted by Gasteiger charge is 2.28. The van der Waals surface area contributed by atoms with Gasteiger partial charge in [0.15, 0.2) is 11.2 Å². The minimum Gasteiger partial charge on any atom is -0.451 e. The summed E-state index contributed by atoms with van der Waals surface area (Å²) >= 11 is 1.42. The van der Waals surface area contributed by atoms with Crippen molar-refractivity contribution in [3.05, 3.63) is 62.3 Å². The lowest BCUT2D eigenvalue weighted by Gasteiger charge is -2.10. The van der Waals surface area contributed by atoms with E-state index >= 15 is 0 Å². The number of anilines is 1. The number of benzene rings is 1. The summed E-state index contributed by atoms with van der Waals surface area (Å²) in [6.07, 6.45) is 3.43. The molecule has 0 saturated carbocycles. The molecule has 4 rings (SSSR count). The summed E-state index contributed by atoms with van der Waals surface area (Å²) in [5, 5.41) is 6.64. The van der Waals surface area contributed by atoms with Crippen LogP contribution >= 0.6 is 11.3 Å². The smallest absolute Gasteiger partial charge is 0.292 e. The molecule has 0 unspecified atom stereocenters. The number of hydrogen-bond donors (Lipinski definition) is 2. The molecular weight excluding hydrogens is 416 g/mol.